The van der Waals surface area contributed by atoms with E-state index in [0.29, 0.717) is 41.6 Å². The molecule has 2 N–H and O–H groups in total. The van der Waals surface area contributed by atoms with Crippen molar-refractivity contribution in [3.63, 3.8) is 0 Å². The Labute approximate surface area is 213 Å². The minimum absolute atomic E-state index is 0.0636. The Morgan fingerprint density at radius 1 is 1.22 bits per heavy atom. The van der Waals surface area contributed by atoms with Crippen molar-refractivity contribution in [3.05, 3.63) is 34.4 Å². The zero-order valence-corrected chi connectivity index (χ0v) is 21.5. The van der Waals surface area contributed by atoms with Crippen LogP contribution in [0.5, 0.6) is 0 Å². The summed E-state index contributed by atoms with van der Waals surface area (Å²) in [4.78, 5) is 25.3. The van der Waals surface area contributed by atoms with E-state index in [1.165, 1.54) is 6.42 Å². The quantitative estimate of drug-likeness (QED) is 0.494. The molecule has 4 aliphatic rings. The Balaban J connectivity index is 1.58. The Morgan fingerprint density at radius 3 is 2.57 bits per heavy atom. The van der Waals surface area contributed by atoms with E-state index in [2.05, 4.69) is 28.3 Å². The summed E-state index contributed by atoms with van der Waals surface area (Å²) < 4.78 is 44.7. The van der Waals surface area contributed by atoms with Crippen LogP contribution in [0.25, 0.3) is 11.2 Å². The summed E-state index contributed by atoms with van der Waals surface area (Å²) in [6.07, 6.45) is 1.68. The van der Waals surface area contributed by atoms with Gasteiger partial charge in [-0.15, -0.1) is 0 Å². The second kappa shape index (κ2) is 8.04. The molecule has 37 heavy (non-hydrogen) atoms. The van der Waals surface area contributed by atoms with Crippen LogP contribution in [-0.2, 0) is 12.0 Å². The van der Waals surface area contributed by atoms with Crippen LogP contribution in [0.3, 0.4) is 0 Å². The van der Waals surface area contributed by atoms with E-state index in [9.17, 15) is 23.1 Å². The van der Waals surface area contributed by atoms with Gasteiger partial charge in [-0.2, -0.15) is 13.2 Å². The number of nitrogens with one attached hydrogen (secondary N) is 1. The van der Waals surface area contributed by atoms with Crippen LogP contribution < -0.4 is 5.32 Å². The number of carbonyl (C=O) groups is 1. The number of allylic oxidation sites excluding steroid dienone is 4. The molecule has 0 bridgehead atoms. The molecule has 10 heteroatoms. The van der Waals surface area contributed by atoms with Gasteiger partial charge in [-0.25, -0.2) is 19.7 Å². The lowest BCUT2D eigenvalue weighted by Gasteiger charge is -2.50. The Kier molecular flexibility index (Phi) is 5.31. The van der Waals surface area contributed by atoms with Gasteiger partial charge in [-0.1, -0.05) is 30.6 Å². The summed E-state index contributed by atoms with van der Waals surface area (Å²) in [5.41, 5.74) is 2.30. The van der Waals surface area contributed by atoms with Gasteiger partial charge >= 0.3 is 12.1 Å². The van der Waals surface area contributed by atoms with Crippen molar-refractivity contribution in [3.8, 4) is 0 Å². The lowest BCUT2D eigenvalue weighted by atomic mass is 9.57. The normalized spacial score (nSPS) is 30.4. The largest absolute Gasteiger partial charge is 0.475 e. The monoisotopic (exact) mass is 515 g/mol. The van der Waals surface area contributed by atoms with Crippen molar-refractivity contribution in [2.24, 2.45) is 23.7 Å². The molecule has 1 fully saturated rings. The summed E-state index contributed by atoms with van der Waals surface area (Å²) in [5.74, 6) is -1.85. The molecule has 6 rings (SSSR count). The Bertz CT molecular complexity index is 1370. The molecule has 2 aromatic heterocycles. The Hall–Kier alpha value is -2.91. The zero-order valence-electron chi connectivity index (χ0n) is 21.5. The molecule has 0 aromatic carbocycles. The molecule has 198 valence electrons. The number of hydrogen-bond donors (Lipinski definition) is 2. The molecule has 2 aromatic rings. The van der Waals surface area contributed by atoms with E-state index in [1.54, 1.807) is 0 Å². The molecular formula is C27H32F3N5O2. The van der Waals surface area contributed by atoms with Gasteiger partial charge in [-0.3, -0.25) is 0 Å². The number of anilines is 1. The van der Waals surface area contributed by atoms with Gasteiger partial charge in [0.15, 0.2) is 11.5 Å². The molecule has 0 spiro atoms. The maximum Gasteiger partial charge on any atom is 0.395 e. The van der Waals surface area contributed by atoms with Crippen LogP contribution in [0.15, 0.2) is 22.8 Å². The molecule has 3 aliphatic carbocycles. The summed E-state index contributed by atoms with van der Waals surface area (Å²) in [6.45, 7) is 8.28. The van der Waals surface area contributed by atoms with Crippen molar-refractivity contribution in [1.82, 2.24) is 19.5 Å². The molecule has 7 nitrogen and oxygen atoms in total. The fourth-order valence-electron chi connectivity index (χ4n) is 7.26. The highest BCUT2D eigenvalue weighted by Crippen LogP contribution is 2.58. The fraction of sp³-hybridized carbons (Fsp3) is 0.630. The second-order valence-electron chi connectivity index (χ2n) is 11.6. The molecular weight excluding hydrogens is 483 g/mol. The van der Waals surface area contributed by atoms with Gasteiger partial charge in [0.1, 0.15) is 11.3 Å². The van der Waals surface area contributed by atoms with E-state index < -0.39 is 23.5 Å². The third kappa shape index (κ3) is 3.54. The van der Waals surface area contributed by atoms with Crippen molar-refractivity contribution in [2.45, 2.75) is 84.0 Å². The molecule has 0 amide bonds. The van der Waals surface area contributed by atoms with Crippen LogP contribution in [-0.4, -0.2) is 42.8 Å². The average molecular weight is 516 g/mol. The molecule has 1 saturated carbocycles. The molecule has 0 radical (unpaired) electrons. The highest BCUT2D eigenvalue weighted by Gasteiger charge is 2.55. The van der Waals surface area contributed by atoms with Gasteiger partial charge in [0.2, 0.25) is 5.82 Å². The van der Waals surface area contributed by atoms with E-state index >= 15 is 0 Å². The topological polar surface area (TPSA) is 92.9 Å². The first-order valence-electron chi connectivity index (χ1n) is 13.2. The number of aromatic carboxylic acids is 1. The zero-order chi connectivity index (χ0) is 26.4. The van der Waals surface area contributed by atoms with Crippen molar-refractivity contribution >= 4 is 23.0 Å². The number of imidazole rings is 1. The van der Waals surface area contributed by atoms with E-state index in [4.69, 9.17) is 4.98 Å². The van der Waals surface area contributed by atoms with Crippen molar-refractivity contribution < 1.29 is 23.1 Å². The van der Waals surface area contributed by atoms with Gasteiger partial charge in [-0.05, 0) is 69.8 Å². The smallest absolute Gasteiger partial charge is 0.395 e. The van der Waals surface area contributed by atoms with Crippen molar-refractivity contribution in [2.75, 3.05) is 5.32 Å². The minimum Gasteiger partial charge on any atom is -0.475 e. The van der Waals surface area contributed by atoms with E-state index in [0.717, 1.165) is 24.0 Å². The first-order valence-corrected chi connectivity index (χ1v) is 13.2. The lowest BCUT2D eigenvalue weighted by Crippen LogP contribution is -2.46. The van der Waals surface area contributed by atoms with Crippen LogP contribution in [0.4, 0.5) is 19.0 Å². The second-order valence-corrected chi connectivity index (χ2v) is 11.6. The number of carboxylic acid groups (broad SMARTS) is 1. The SMILES string of the molecule is CC1=CC2(C)C3=C(C1C)C(C(F)(F)F)CCC3Cn1c2nc2nc(C(=O)O)nc(N[C@H](C)C3CCC3)c21. The standard InChI is InChI=1S/C27H32F3N5O2/c1-12-10-26(4)19-16(8-9-17(27(28,29)30)18(19)13(12)2)11-35-20-21(31-14(3)15-6-5-7-15)32-23(24(36)37)33-22(20)34-25(26)35/h10,13-17H,5-9,11H2,1-4H3,(H,36,37)(H,31,32,33)/t13?,14-,16?,17?,26?/m1/s1. The molecule has 0 saturated heterocycles. The van der Waals surface area contributed by atoms with Gasteiger partial charge < -0.3 is 15.0 Å². The highest BCUT2D eigenvalue weighted by atomic mass is 19.4. The van der Waals surface area contributed by atoms with Crippen LogP contribution >= 0.6 is 0 Å². The predicted molar refractivity (Wildman–Crippen MR) is 132 cm³/mol. The van der Waals surface area contributed by atoms with Crippen molar-refractivity contribution in [1.29, 1.82) is 0 Å². The molecule has 5 atom stereocenters. The average Bonchev–Trinajstić information content (AvgIpc) is 3.15. The minimum atomic E-state index is -4.30. The summed E-state index contributed by atoms with van der Waals surface area (Å²) in [6, 6.07) is 0.0979. The van der Waals surface area contributed by atoms with Crippen LogP contribution in [0.2, 0.25) is 0 Å². The maximum atomic E-state index is 14.2. The lowest BCUT2D eigenvalue weighted by molar-refractivity contribution is -0.170. The molecule has 4 unspecified atom stereocenters. The number of rotatable bonds is 4. The van der Waals surface area contributed by atoms with E-state index in [1.807, 2.05) is 25.3 Å². The number of halogens is 3. The first-order chi connectivity index (χ1) is 17.4. The van der Waals surface area contributed by atoms with Crippen LogP contribution in [0, 0.1) is 23.7 Å². The van der Waals surface area contributed by atoms with Gasteiger partial charge in [0.25, 0.3) is 0 Å². The first kappa shape index (κ1) is 24.4. The summed E-state index contributed by atoms with van der Waals surface area (Å²) >= 11 is 0. The number of fused-ring (bicyclic) bond motifs is 4. The summed E-state index contributed by atoms with van der Waals surface area (Å²) in [7, 11) is 0. The number of aromatic nitrogens is 4. The molecule has 3 heterocycles. The third-order valence-corrected chi connectivity index (χ3v) is 9.40. The number of hydrogen-bond acceptors (Lipinski definition) is 5. The Morgan fingerprint density at radius 2 is 1.95 bits per heavy atom. The van der Waals surface area contributed by atoms with Gasteiger partial charge in [0, 0.05) is 12.6 Å². The molecule has 1 aliphatic heterocycles. The number of carboxylic acids is 1. The number of alkyl halides is 3. The third-order valence-electron chi connectivity index (χ3n) is 9.40. The van der Waals surface area contributed by atoms with E-state index in [-0.39, 0.29) is 35.8 Å². The number of nitrogens with zero attached hydrogens (tertiary/aromatic N) is 4. The summed E-state index contributed by atoms with van der Waals surface area (Å²) in [5, 5.41) is 13.1. The predicted octanol–water partition coefficient (Wildman–Crippen LogP) is 5.88. The van der Waals surface area contributed by atoms with Crippen LogP contribution in [0.1, 0.15) is 76.2 Å². The maximum absolute atomic E-state index is 14.2. The highest BCUT2D eigenvalue weighted by molar-refractivity contribution is 5.91. The van der Waals surface area contributed by atoms with Gasteiger partial charge in [0.05, 0.1) is 11.3 Å². The fourth-order valence-corrected chi connectivity index (χ4v) is 7.26.